The van der Waals surface area contributed by atoms with Gasteiger partial charge in [-0.2, -0.15) is 0 Å². The molecule has 1 N–H and O–H groups in total. The van der Waals surface area contributed by atoms with Gasteiger partial charge in [0.25, 0.3) is 5.91 Å². The second-order valence-electron chi connectivity index (χ2n) is 8.43. The van der Waals surface area contributed by atoms with E-state index in [-0.39, 0.29) is 24.7 Å². The van der Waals surface area contributed by atoms with Gasteiger partial charge in [0.15, 0.2) is 0 Å². The Bertz CT molecular complexity index is 1200. The number of carbonyl (C=O) groups excluding carboxylic acids is 2. The zero-order valence-electron chi connectivity index (χ0n) is 20.9. The summed E-state index contributed by atoms with van der Waals surface area (Å²) in [5, 5.41) is 4.92. The van der Waals surface area contributed by atoms with Gasteiger partial charge >= 0.3 is 6.03 Å². The van der Waals surface area contributed by atoms with E-state index in [1.165, 1.54) is 28.4 Å². The standard InChI is InChI=1S/C26H30FN5O4S/c1-35-16-15-32(26(34)29-22-6-4-3-5-21(22)27)17-24-28-23(18-37-24)25(33)31-13-11-30(12-14-31)19-7-9-20(36-2)10-8-19/h3-10,18H,11-17H2,1-2H3,(H,29,34). The second kappa shape index (κ2) is 12.5. The summed E-state index contributed by atoms with van der Waals surface area (Å²) in [5.41, 5.74) is 1.55. The molecule has 2 aromatic carbocycles. The van der Waals surface area contributed by atoms with Crippen LogP contribution in [-0.2, 0) is 11.3 Å². The van der Waals surface area contributed by atoms with Crippen molar-refractivity contribution in [3.05, 3.63) is 70.4 Å². The van der Waals surface area contributed by atoms with Crippen LogP contribution in [0.1, 0.15) is 15.5 Å². The highest BCUT2D eigenvalue weighted by molar-refractivity contribution is 7.09. The summed E-state index contributed by atoms with van der Waals surface area (Å²) in [5.74, 6) is 0.162. The van der Waals surface area contributed by atoms with Gasteiger partial charge in [-0.25, -0.2) is 14.2 Å². The smallest absolute Gasteiger partial charge is 0.322 e. The van der Waals surface area contributed by atoms with Gasteiger partial charge in [-0.3, -0.25) is 4.79 Å². The van der Waals surface area contributed by atoms with Gasteiger partial charge in [-0.05, 0) is 36.4 Å². The van der Waals surface area contributed by atoms with Crippen molar-refractivity contribution in [3.63, 3.8) is 0 Å². The van der Waals surface area contributed by atoms with Crippen LogP contribution in [0.25, 0.3) is 0 Å². The first-order valence-electron chi connectivity index (χ1n) is 11.9. The quantitative estimate of drug-likeness (QED) is 0.454. The van der Waals surface area contributed by atoms with Crippen LogP contribution >= 0.6 is 11.3 Å². The first-order valence-corrected chi connectivity index (χ1v) is 12.8. The number of anilines is 2. The van der Waals surface area contributed by atoms with Gasteiger partial charge in [-0.1, -0.05) is 12.1 Å². The van der Waals surface area contributed by atoms with E-state index in [1.54, 1.807) is 36.6 Å². The predicted octanol–water partition coefficient (Wildman–Crippen LogP) is 3.93. The summed E-state index contributed by atoms with van der Waals surface area (Å²) in [6.45, 7) is 3.37. The van der Waals surface area contributed by atoms with Gasteiger partial charge in [-0.15, -0.1) is 11.3 Å². The fourth-order valence-corrected chi connectivity index (χ4v) is 4.76. The van der Waals surface area contributed by atoms with Crippen LogP contribution in [0.5, 0.6) is 5.75 Å². The molecule has 0 radical (unpaired) electrons. The molecular weight excluding hydrogens is 497 g/mol. The van der Waals surface area contributed by atoms with E-state index in [2.05, 4.69) is 15.2 Å². The highest BCUT2D eigenvalue weighted by Gasteiger charge is 2.25. The molecule has 1 fully saturated rings. The third-order valence-corrected chi connectivity index (χ3v) is 6.90. The number of nitrogens with one attached hydrogen (secondary N) is 1. The lowest BCUT2D eigenvalue weighted by molar-refractivity contribution is 0.0741. The first-order chi connectivity index (χ1) is 18.0. The minimum absolute atomic E-state index is 0.0960. The lowest BCUT2D eigenvalue weighted by atomic mass is 10.2. The van der Waals surface area contributed by atoms with Crippen molar-refractivity contribution in [1.29, 1.82) is 0 Å². The Morgan fingerprint density at radius 2 is 1.81 bits per heavy atom. The molecule has 4 rings (SSSR count). The largest absolute Gasteiger partial charge is 0.497 e. The van der Waals surface area contributed by atoms with Gasteiger partial charge in [0.1, 0.15) is 22.3 Å². The molecule has 1 aromatic heterocycles. The Labute approximate surface area is 219 Å². The van der Waals surface area contributed by atoms with E-state index in [1.807, 2.05) is 24.3 Å². The number of para-hydroxylation sites is 1. The normalized spacial score (nSPS) is 13.4. The van der Waals surface area contributed by atoms with Crippen molar-refractivity contribution in [2.75, 3.05) is 63.8 Å². The molecule has 11 heteroatoms. The van der Waals surface area contributed by atoms with Crippen LogP contribution in [0.4, 0.5) is 20.6 Å². The number of methoxy groups -OCH3 is 2. The summed E-state index contributed by atoms with van der Waals surface area (Å²) in [7, 11) is 3.18. The summed E-state index contributed by atoms with van der Waals surface area (Å²) in [6.07, 6.45) is 0. The van der Waals surface area contributed by atoms with Crippen molar-refractivity contribution in [1.82, 2.24) is 14.8 Å². The molecule has 37 heavy (non-hydrogen) atoms. The molecule has 3 amide bonds. The highest BCUT2D eigenvalue weighted by atomic mass is 32.1. The molecule has 0 saturated carbocycles. The Hall–Kier alpha value is -3.70. The van der Waals surface area contributed by atoms with Crippen LogP contribution in [0.2, 0.25) is 0 Å². The number of halogens is 1. The molecule has 196 valence electrons. The van der Waals surface area contributed by atoms with E-state index in [0.29, 0.717) is 30.4 Å². The Morgan fingerprint density at radius 3 is 2.49 bits per heavy atom. The maximum Gasteiger partial charge on any atom is 0.322 e. The summed E-state index contributed by atoms with van der Waals surface area (Å²) in [4.78, 5) is 35.9. The molecule has 0 aliphatic carbocycles. The summed E-state index contributed by atoms with van der Waals surface area (Å²) >= 11 is 1.31. The van der Waals surface area contributed by atoms with E-state index in [0.717, 1.165) is 24.5 Å². The van der Waals surface area contributed by atoms with Crippen LogP contribution < -0.4 is 15.0 Å². The lowest BCUT2D eigenvalue weighted by Crippen LogP contribution is -2.48. The molecule has 1 aliphatic heterocycles. The van der Waals surface area contributed by atoms with E-state index in [9.17, 15) is 14.0 Å². The Balaban J connectivity index is 1.35. The van der Waals surface area contributed by atoms with Gasteiger partial charge in [0.05, 0.1) is 25.9 Å². The molecular formula is C26H30FN5O4S. The Morgan fingerprint density at radius 1 is 1.08 bits per heavy atom. The number of carbonyl (C=O) groups is 2. The lowest BCUT2D eigenvalue weighted by Gasteiger charge is -2.35. The minimum atomic E-state index is -0.517. The van der Waals surface area contributed by atoms with Crippen LogP contribution in [-0.4, -0.2) is 80.3 Å². The zero-order valence-corrected chi connectivity index (χ0v) is 21.7. The number of piperazine rings is 1. The number of amides is 3. The fourth-order valence-electron chi connectivity index (χ4n) is 3.98. The number of aromatic nitrogens is 1. The van der Waals surface area contributed by atoms with Crippen LogP contribution in [0.15, 0.2) is 53.9 Å². The third-order valence-electron chi connectivity index (χ3n) is 6.07. The van der Waals surface area contributed by atoms with E-state index in [4.69, 9.17) is 9.47 Å². The average molecular weight is 528 g/mol. The van der Waals surface area contributed by atoms with E-state index >= 15 is 0 Å². The zero-order chi connectivity index (χ0) is 26.2. The number of hydrogen-bond acceptors (Lipinski definition) is 7. The number of urea groups is 1. The first kappa shape index (κ1) is 26.4. The average Bonchev–Trinajstić information content (AvgIpc) is 3.40. The fraction of sp³-hybridized carbons (Fsp3) is 0.346. The van der Waals surface area contributed by atoms with Crippen molar-refractivity contribution in [3.8, 4) is 5.75 Å². The Kier molecular flexibility index (Phi) is 8.91. The molecule has 9 nitrogen and oxygen atoms in total. The molecule has 0 bridgehead atoms. The number of ether oxygens (including phenoxy) is 2. The van der Waals surface area contributed by atoms with Crippen LogP contribution in [0, 0.1) is 5.82 Å². The number of nitrogens with zero attached hydrogens (tertiary/aromatic N) is 4. The second-order valence-corrected chi connectivity index (χ2v) is 9.37. The van der Waals surface area contributed by atoms with Crippen molar-refractivity contribution < 1.29 is 23.5 Å². The molecule has 0 unspecified atom stereocenters. The molecule has 2 heterocycles. The van der Waals surface area contributed by atoms with Gasteiger partial charge in [0, 0.05) is 50.9 Å². The maximum absolute atomic E-state index is 14.0. The molecule has 3 aromatic rings. The summed E-state index contributed by atoms with van der Waals surface area (Å²) in [6, 6.07) is 13.4. The van der Waals surface area contributed by atoms with Crippen molar-refractivity contribution in [2.45, 2.75) is 6.54 Å². The molecule has 0 spiro atoms. The topological polar surface area (TPSA) is 87.2 Å². The monoisotopic (exact) mass is 527 g/mol. The molecule has 0 atom stereocenters. The van der Waals surface area contributed by atoms with Crippen molar-refractivity contribution >= 4 is 34.6 Å². The number of hydrogen-bond donors (Lipinski definition) is 1. The van der Waals surface area contributed by atoms with Gasteiger partial charge < -0.3 is 29.5 Å². The third kappa shape index (κ3) is 6.75. The highest BCUT2D eigenvalue weighted by Crippen LogP contribution is 2.22. The molecule has 1 aliphatic rings. The number of thiazole rings is 1. The molecule has 1 saturated heterocycles. The predicted molar refractivity (Wildman–Crippen MR) is 141 cm³/mol. The maximum atomic E-state index is 14.0. The minimum Gasteiger partial charge on any atom is -0.497 e. The van der Waals surface area contributed by atoms with Gasteiger partial charge in [0.2, 0.25) is 0 Å². The van der Waals surface area contributed by atoms with Crippen LogP contribution in [0.3, 0.4) is 0 Å². The van der Waals surface area contributed by atoms with Crippen molar-refractivity contribution in [2.24, 2.45) is 0 Å². The SMILES string of the molecule is COCCN(Cc1nc(C(=O)N2CCN(c3ccc(OC)cc3)CC2)cs1)C(=O)Nc1ccccc1F. The number of rotatable bonds is 9. The van der Waals surface area contributed by atoms with E-state index < -0.39 is 11.8 Å². The number of benzene rings is 2. The summed E-state index contributed by atoms with van der Waals surface area (Å²) < 4.78 is 24.3.